The van der Waals surface area contributed by atoms with Gasteiger partial charge in [-0.3, -0.25) is 9.69 Å². The van der Waals surface area contributed by atoms with Crippen molar-refractivity contribution >= 4 is 5.97 Å². The van der Waals surface area contributed by atoms with Crippen molar-refractivity contribution in [2.75, 3.05) is 26.2 Å². The van der Waals surface area contributed by atoms with Gasteiger partial charge in [0.1, 0.15) is 6.61 Å². The molecule has 0 aromatic heterocycles. The molecular formula is C15H22N2O3. The molecular weight excluding hydrogens is 256 g/mol. The highest BCUT2D eigenvalue weighted by Gasteiger charge is 2.20. The summed E-state index contributed by atoms with van der Waals surface area (Å²) in [6.07, 6.45) is 0. The molecule has 110 valence electrons. The highest BCUT2D eigenvalue weighted by Crippen LogP contribution is 2.33. The van der Waals surface area contributed by atoms with Crippen LogP contribution < -0.4 is 15.2 Å². The van der Waals surface area contributed by atoms with E-state index in [1.165, 1.54) is 0 Å². The minimum Gasteiger partial charge on any atom is -0.488 e. The number of nitrogens with two attached hydrogens (primary N) is 1. The normalized spacial score (nSPS) is 15.4. The van der Waals surface area contributed by atoms with Gasteiger partial charge in [-0.2, -0.15) is 0 Å². The Morgan fingerprint density at radius 1 is 1.50 bits per heavy atom. The third kappa shape index (κ3) is 3.71. The zero-order chi connectivity index (χ0) is 14.5. The van der Waals surface area contributed by atoms with Crippen molar-refractivity contribution in [3.63, 3.8) is 0 Å². The minimum absolute atomic E-state index is 0.136. The quantitative estimate of drug-likeness (QED) is 0.666. The van der Waals surface area contributed by atoms with Crippen molar-refractivity contribution in [2.24, 2.45) is 11.7 Å². The molecule has 5 heteroatoms. The summed E-state index contributed by atoms with van der Waals surface area (Å²) in [4.78, 5) is 13.7. The van der Waals surface area contributed by atoms with Crippen LogP contribution in [0.5, 0.6) is 11.5 Å². The Kier molecular flexibility index (Phi) is 4.98. The molecule has 2 N–H and O–H groups in total. The fourth-order valence-corrected chi connectivity index (χ4v) is 2.36. The van der Waals surface area contributed by atoms with Gasteiger partial charge in [-0.25, -0.2) is 0 Å². The molecule has 1 aliphatic heterocycles. The van der Waals surface area contributed by atoms with Gasteiger partial charge in [0.25, 0.3) is 0 Å². The van der Waals surface area contributed by atoms with Crippen LogP contribution in [0.3, 0.4) is 0 Å². The van der Waals surface area contributed by atoms with Crippen molar-refractivity contribution in [1.82, 2.24) is 4.90 Å². The molecule has 0 fully saturated rings. The maximum absolute atomic E-state index is 11.3. The fourth-order valence-electron chi connectivity index (χ4n) is 2.36. The second-order valence-corrected chi connectivity index (χ2v) is 5.40. The summed E-state index contributed by atoms with van der Waals surface area (Å²) in [7, 11) is 0. The monoisotopic (exact) mass is 278 g/mol. The van der Waals surface area contributed by atoms with E-state index in [-0.39, 0.29) is 6.54 Å². The second kappa shape index (κ2) is 6.72. The van der Waals surface area contributed by atoms with Gasteiger partial charge in [-0.05, 0) is 12.0 Å². The summed E-state index contributed by atoms with van der Waals surface area (Å²) in [5.41, 5.74) is 6.33. The Morgan fingerprint density at radius 3 is 3.00 bits per heavy atom. The molecule has 5 nitrogen and oxygen atoms in total. The number of hydrogen-bond acceptors (Lipinski definition) is 5. The van der Waals surface area contributed by atoms with Gasteiger partial charge in [0, 0.05) is 25.2 Å². The van der Waals surface area contributed by atoms with Gasteiger partial charge in [0.05, 0.1) is 6.54 Å². The van der Waals surface area contributed by atoms with Gasteiger partial charge in [-0.1, -0.05) is 26.0 Å². The Hall–Kier alpha value is -1.59. The molecule has 0 atom stereocenters. The van der Waals surface area contributed by atoms with Gasteiger partial charge < -0.3 is 15.2 Å². The molecule has 0 radical (unpaired) electrons. The third-order valence-corrected chi connectivity index (χ3v) is 3.12. The molecule has 1 aliphatic rings. The minimum atomic E-state index is -0.453. The van der Waals surface area contributed by atoms with E-state index in [1.807, 2.05) is 12.1 Å². The number of hydrogen-bond donors (Lipinski definition) is 1. The molecule has 0 spiro atoms. The summed E-state index contributed by atoms with van der Waals surface area (Å²) in [6.45, 7) is 7.56. The van der Waals surface area contributed by atoms with E-state index >= 15 is 0 Å². The molecule has 0 bridgehead atoms. The molecule has 0 amide bonds. The number of fused-ring (bicyclic) bond motifs is 1. The summed E-state index contributed by atoms with van der Waals surface area (Å²) in [6, 6.07) is 5.62. The third-order valence-electron chi connectivity index (χ3n) is 3.12. The molecule has 0 aliphatic carbocycles. The topological polar surface area (TPSA) is 64.8 Å². The van der Waals surface area contributed by atoms with Crippen LogP contribution in [-0.2, 0) is 11.3 Å². The molecule has 1 heterocycles. The van der Waals surface area contributed by atoms with E-state index in [0.717, 1.165) is 25.2 Å². The van der Waals surface area contributed by atoms with Gasteiger partial charge >= 0.3 is 5.97 Å². The molecule has 1 aromatic rings. The average Bonchev–Trinajstić information content (AvgIpc) is 2.60. The molecule has 0 saturated heterocycles. The number of esters is 1. The highest BCUT2D eigenvalue weighted by molar-refractivity contribution is 5.75. The van der Waals surface area contributed by atoms with Gasteiger partial charge in [0.2, 0.25) is 0 Å². The molecule has 0 saturated carbocycles. The lowest BCUT2D eigenvalue weighted by atomic mass is 10.1. The number of rotatable bonds is 4. The number of carbonyl (C=O) groups excluding carboxylic acids is 1. The van der Waals surface area contributed by atoms with Crippen LogP contribution >= 0.6 is 0 Å². The number of para-hydroxylation sites is 1. The van der Waals surface area contributed by atoms with E-state index < -0.39 is 5.97 Å². The fraction of sp³-hybridized carbons (Fsp3) is 0.533. The highest BCUT2D eigenvalue weighted by atomic mass is 16.6. The number of nitrogens with zero attached hydrogens (tertiary/aromatic N) is 1. The van der Waals surface area contributed by atoms with Gasteiger partial charge in [0.15, 0.2) is 11.5 Å². The summed E-state index contributed by atoms with van der Waals surface area (Å²) in [5, 5.41) is 0. The molecule has 20 heavy (non-hydrogen) atoms. The van der Waals surface area contributed by atoms with Crippen LogP contribution in [0.4, 0.5) is 0 Å². The van der Waals surface area contributed by atoms with E-state index in [2.05, 4.69) is 18.7 Å². The number of carbonyl (C=O) groups is 1. The predicted molar refractivity (Wildman–Crippen MR) is 76.7 cm³/mol. The second-order valence-electron chi connectivity index (χ2n) is 5.40. The Labute approximate surface area is 119 Å². The van der Waals surface area contributed by atoms with E-state index in [4.69, 9.17) is 15.2 Å². The average molecular weight is 278 g/mol. The first kappa shape index (κ1) is 14.8. The largest absolute Gasteiger partial charge is 0.488 e. The SMILES string of the molecule is CC(C)CN1CCOc2c(cccc2OC(=O)CN)C1. The number of ether oxygens (including phenoxy) is 2. The Bertz CT molecular complexity index is 474. The van der Waals surface area contributed by atoms with Crippen LogP contribution in [0, 0.1) is 5.92 Å². The van der Waals surface area contributed by atoms with Gasteiger partial charge in [-0.15, -0.1) is 0 Å². The maximum Gasteiger partial charge on any atom is 0.325 e. The predicted octanol–water partition coefficient (Wildman–Crippen LogP) is 1.40. The van der Waals surface area contributed by atoms with Crippen molar-refractivity contribution in [1.29, 1.82) is 0 Å². The van der Waals surface area contributed by atoms with Crippen LogP contribution in [0.15, 0.2) is 18.2 Å². The maximum atomic E-state index is 11.3. The Balaban J connectivity index is 2.19. The lowest BCUT2D eigenvalue weighted by Gasteiger charge is -2.21. The summed E-state index contributed by atoms with van der Waals surface area (Å²) < 4.78 is 11.0. The first-order valence-corrected chi connectivity index (χ1v) is 6.98. The summed E-state index contributed by atoms with van der Waals surface area (Å²) in [5.74, 6) is 1.28. The number of benzene rings is 1. The molecule has 2 rings (SSSR count). The van der Waals surface area contributed by atoms with Crippen LogP contribution in [0.25, 0.3) is 0 Å². The van der Waals surface area contributed by atoms with E-state index in [0.29, 0.717) is 24.0 Å². The molecule has 1 aromatic carbocycles. The zero-order valence-corrected chi connectivity index (χ0v) is 12.1. The van der Waals surface area contributed by atoms with Crippen molar-refractivity contribution in [3.8, 4) is 11.5 Å². The standard InChI is InChI=1S/C15H22N2O3/c1-11(2)9-17-6-7-19-15-12(10-17)4-3-5-13(15)20-14(18)8-16/h3-5,11H,6-10,16H2,1-2H3. The summed E-state index contributed by atoms with van der Waals surface area (Å²) >= 11 is 0. The van der Waals surface area contributed by atoms with Crippen molar-refractivity contribution in [3.05, 3.63) is 23.8 Å². The van der Waals surface area contributed by atoms with E-state index in [1.54, 1.807) is 6.07 Å². The molecule has 0 unspecified atom stereocenters. The van der Waals surface area contributed by atoms with Crippen LogP contribution in [-0.4, -0.2) is 37.1 Å². The first-order chi connectivity index (χ1) is 9.60. The first-order valence-electron chi connectivity index (χ1n) is 6.98. The van der Waals surface area contributed by atoms with E-state index in [9.17, 15) is 4.79 Å². The smallest absolute Gasteiger partial charge is 0.325 e. The van der Waals surface area contributed by atoms with Crippen LogP contribution in [0.1, 0.15) is 19.4 Å². The van der Waals surface area contributed by atoms with Crippen LogP contribution in [0.2, 0.25) is 0 Å². The zero-order valence-electron chi connectivity index (χ0n) is 12.1. The lowest BCUT2D eigenvalue weighted by molar-refractivity contribution is -0.132. The van der Waals surface area contributed by atoms with Crippen molar-refractivity contribution < 1.29 is 14.3 Å². The van der Waals surface area contributed by atoms with Crippen molar-refractivity contribution in [2.45, 2.75) is 20.4 Å². The lowest BCUT2D eigenvalue weighted by Crippen LogP contribution is -2.29. The Morgan fingerprint density at radius 2 is 2.30 bits per heavy atom.